The fourth-order valence-corrected chi connectivity index (χ4v) is 2.78. The van der Waals surface area contributed by atoms with Crippen LogP contribution in [0.4, 0.5) is 0 Å². The van der Waals surface area contributed by atoms with Crippen LogP contribution in [0.2, 0.25) is 0 Å². The molecule has 3 rings (SSSR count). The molecule has 132 valence electrons. The number of hydrogen-bond acceptors (Lipinski definition) is 4. The fourth-order valence-electron chi connectivity index (χ4n) is 2.78. The summed E-state index contributed by atoms with van der Waals surface area (Å²) in [6.07, 6.45) is 3.71. The third-order valence-corrected chi connectivity index (χ3v) is 4.06. The van der Waals surface area contributed by atoms with Crippen molar-refractivity contribution >= 4 is 23.2 Å². The molecule has 0 saturated heterocycles. The maximum atomic E-state index is 12.2. The zero-order valence-corrected chi connectivity index (χ0v) is 14.5. The van der Waals surface area contributed by atoms with Crippen molar-refractivity contribution in [1.29, 1.82) is 0 Å². The Kier molecular flexibility index (Phi) is 5.12. The van der Waals surface area contributed by atoms with Gasteiger partial charge >= 0.3 is 0 Å². The van der Waals surface area contributed by atoms with Gasteiger partial charge in [-0.3, -0.25) is 4.79 Å². The van der Waals surface area contributed by atoms with Crippen LogP contribution in [0.1, 0.15) is 17.0 Å². The van der Waals surface area contributed by atoms with Gasteiger partial charge in [-0.05, 0) is 37.1 Å². The molecule has 0 fully saturated rings. The molecule has 6 nitrogen and oxygen atoms in total. The number of aromatic nitrogens is 2. The summed E-state index contributed by atoms with van der Waals surface area (Å²) >= 11 is 0. The highest BCUT2D eigenvalue weighted by molar-refractivity contribution is 5.86. The normalized spacial score (nSPS) is 11.1. The van der Waals surface area contributed by atoms with Crippen molar-refractivity contribution in [3.05, 3.63) is 72.1 Å². The number of aryl methyl sites for hydroxylation is 1. The maximum absolute atomic E-state index is 12.2. The predicted molar refractivity (Wildman–Crippen MR) is 102 cm³/mol. The average Bonchev–Trinajstić information content (AvgIpc) is 2.94. The van der Waals surface area contributed by atoms with Crippen molar-refractivity contribution in [2.24, 2.45) is 5.10 Å². The minimum atomic E-state index is -0.269. The first-order valence-corrected chi connectivity index (χ1v) is 8.25. The first-order chi connectivity index (χ1) is 12.6. The van der Waals surface area contributed by atoms with E-state index in [9.17, 15) is 9.90 Å². The van der Waals surface area contributed by atoms with E-state index in [1.165, 1.54) is 6.21 Å². The first-order valence-electron chi connectivity index (χ1n) is 8.25. The molecule has 6 heteroatoms. The molecule has 0 atom stereocenters. The Morgan fingerprint density at radius 2 is 2.12 bits per heavy atom. The molecule has 0 spiro atoms. The maximum Gasteiger partial charge on any atom is 0.260 e. The minimum Gasteiger partial charge on any atom is -0.507 e. The number of nitrogens with zero attached hydrogens (tertiary/aromatic N) is 3. The highest BCUT2D eigenvalue weighted by Gasteiger charge is 2.10. The van der Waals surface area contributed by atoms with Crippen LogP contribution in [0.15, 0.2) is 60.2 Å². The smallest absolute Gasteiger partial charge is 0.260 e. The van der Waals surface area contributed by atoms with E-state index in [0.29, 0.717) is 12.0 Å². The van der Waals surface area contributed by atoms with Gasteiger partial charge in [-0.2, -0.15) is 5.10 Å². The molecular weight excluding hydrogens is 328 g/mol. The second-order valence-electron chi connectivity index (χ2n) is 5.87. The van der Waals surface area contributed by atoms with E-state index in [1.54, 1.807) is 12.1 Å². The number of nitrogens with one attached hydrogen (secondary N) is 1. The number of fused-ring (bicyclic) bond motifs is 1. The van der Waals surface area contributed by atoms with Crippen LogP contribution in [0.5, 0.6) is 5.75 Å². The van der Waals surface area contributed by atoms with Crippen molar-refractivity contribution in [2.75, 3.05) is 0 Å². The number of benzene rings is 2. The summed E-state index contributed by atoms with van der Waals surface area (Å²) in [5.41, 5.74) is 5.54. The largest absolute Gasteiger partial charge is 0.507 e. The summed E-state index contributed by atoms with van der Waals surface area (Å²) in [6.45, 7) is 5.65. The summed E-state index contributed by atoms with van der Waals surface area (Å²) in [5, 5.41) is 14.1. The van der Waals surface area contributed by atoms with E-state index in [1.807, 2.05) is 47.9 Å². The quantitative estimate of drug-likeness (QED) is 0.408. The van der Waals surface area contributed by atoms with Gasteiger partial charge in [0.2, 0.25) is 0 Å². The fraction of sp³-hybridized carbons (Fsp3) is 0.150. The molecule has 2 aromatic carbocycles. The number of imidazole rings is 1. The summed E-state index contributed by atoms with van der Waals surface area (Å²) < 4.78 is 1.84. The van der Waals surface area contributed by atoms with Crippen LogP contribution in [0.25, 0.3) is 11.0 Å². The summed E-state index contributed by atoms with van der Waals surface area (Å²) in [6, 6.07) is 13.0. The number of phenols is 1. The topological polar surface area (TPSA) is 79.5 Å². The highest BCUT2D eigenvalue weighted by Crippen LogP contribution is 2.21. The number of amides is 1. The highest BCUT2D eigenvalue weighted by atomic mass is 16.3. The zero-order valence-electron chi connectivity index (χ0n) is 14.5. The number of para-hydroxylation sites is 3. The third kappa shape index (κ3) is 3.64. The van der Waals surface area contributed by atoms with E-state index in [-0.39, 0.29) is 18.2 Å². The number of allylic oxidation sites excluding steroid dienone is 1. The summed E-state index contributed by atoms with van der Waals surface area (Å²) in [5.74, 6) is 0.635. The second kappa shape index (κ2) is 7.65. The van der Waals surface area contributed by atoms with Crippen LogP contribution < -0.4 is 5.43 Å². The number of hydrazone groups is 1. The zero-order chi connectivity index (χ0) is 18.5. The number of aromatic hydroxyl groups is 1. The molecule has 1 aromatic heterocycles. The lowest BCUT2D eigenvalue weighted by Crippen LogP contribution is -2.23. The Balaban J connectivity index is 1.69. The van der Waals surface area contributed by atoms with Crippen LogP contribution in [0, 0.1) is 6.92 Å². The Bertz CT molecular complexity index is 989. The molecule has 0 aliphatic carbocycles. The van der Waals surface area contributed by atoms with Gasteiger partial charge in [0.15, 0.2) is 0 Å². The SMILES string of the molecule is C=CCc1cccc(/C=N/NC(=O)Cn2c(C)nc3ccccc32)c1O. The Morgan fingerprint density at radius 3 is 2.92 bits per heavy atom. The molecule has 1 heterocycles. The van der Waals surface area contributed by atoms with E-state index in [4.69, 9.17) is 0 Å². The van der Waals surface area contributed by atoms with Gasteiger partial charge in [-0.15, -0.1) is 6.58 Å². The number of carbonyl (C=O) groups excluding carboxylic acids is 1. The van der Waals surface area contributed by atoms with Gasteiger partial charge in [0.05, 0.1) is 17.2 Å². The van der Waals surface area contributed by atoms with Crippen molar-refractivity contribution < 1.29 is 9.90 Å². The number of carbonyl (C=O) groups is 1. The molecule has 3 aromatic rings. The van der Waals surface area contributed by atoms with E-state index < -0.39 is 0 Å². The lowest BCUT2D eigenvalue weighted by molar-refractivity contribution is -0.121. The van der Waals surface area contributed by atoms with Crippen molar-refractivity contribution in [2.45, 2.75) is 19.9 Å². The molecular formula is C20H20N4O2. The van der Waals surface area contributed by atoms with Gasteiger partial charge < -0.3 is 9.67 Å². The van der Waals surface area contributed by atoms with Gasteiger partial charge in [0.25, 0.3) is 5.91 Å². The van der Waals surface area contributed by atoms with Crippen molar-refractivity contribution in [3.8, 4) is 5.75 Å². The first kappa shape index (κ1) is 17.4. The third-order valence-electron chi connectivity index (χ3n) is 4.06. The van der Waals surface area contributed by atoms with Crippen molar-refractivity contribution in [1.82, 2.24) is 15.0 Å². The van der Waals surface area contributed by atoms with Crippen LogP contribution in [-0.2, 0) is 17.8 Å². The molecule has 0 aliphatic heterocycles. The Hall–Kier alpha value is -3.41. The molecule has 0 bridgehead atoms. The summed E-state index contributed by atoms with van der Waals surface area (Å²) in [4.78, 5) is 16.6. The van der Waals surface area contributed by atoms with Gasteiger partial charge in [0.1, 0.15) is 18.1 Å². The Morgan fingerprint density at radius 1 is 1.31 bits per heavy atom. The lowest BCUT2D eigenvalue weighted by atomic mass is 10.1. The van der Waals surface area contributed by atoms with Gasteiger partial charge in [-0.1, -0.05) is 30.3 Å². The van der Waals surface area contributed by atoms with E-state index in [2.05, 4.69) is 22.1 Å². The molecule has 26 heavy (non-hydrogen) atoms. The molecule has 0 radical (unpaired) electrons. The minimum absolute atomic E-state index is 0.117. The second-order valence-corrected chi connectivity index (χ2v) is 5.87. The number of hydrogen-bond donors (Lipinski definition) is 2. The van der Waals surface area contributed by atoms with Gasteiger partial charge in [0, 0.05) is 5.56 Å². The molecule has 1 amide bonds. The van der Waals surface area contributed by atoms with Crippen LogP contribution in [0.3, 0.4) is 0 Å². The molecule has 0 aliphatic rings. The average molecular weight is 348 g/mol. The van der Waals surface area contributed by atoms with E-state index >= 15 is 0 Å². The molecule has 0 unspecified atom stereocenters. The summed E-state index contributed by atoms with van der Waals surface area (Å²) in [7, 11) is 0. The molecule has 0 saturated carbocycles. The number of phenolic OH excluding ortho intramolecular Hbond substituents is 1. The lowest BCUT2D eigenvalue weighted by Gasteiger charge is -2.06. The van der Waals surface area contributed by atoms with Crippen LogP contribution in [-0.4, -0.2) is 26.8 Å². The standard InChI is InChI=1S/C20H20N4O2/c1-3-7-15-8-6-9-16(20(15)26)12-21-23-19(25)13-24-14(2)22-17-10-4-5-11-18(17)24/h3-6,8-12,26H,1,7,13H2,2H3,(H,23,25)/b21-12+. The number of rotatable bonds is 6. The van der Waals surface area contributed by atoms with E-state index in [0.717, 1.165) is 22.4 Å². The van der Waals surface area contributed by atoms with Crippen LogP contribution >= 0.6 is 0 Å². The van der Waals surface area contributed by atoms with Crippen molar-refractivity contribution in [3.63, 3.8) is 0 Å². The monoisotopic (exact) mass is 348 g/mol. The molecule has 2 N–H and O–H groups in total. The Labute approximate surface area is 151 Å². The van der Waals surface area contributed by atoms with Gasteiger partial charge in [-0.25, -0.2) is 10.4 Å². The predicted octanol–water partition coefficient (Wildman–Crippen LogP) is 2.93.